The van der Waals surface area contributed by atoms with Crippen molar-refractivity contribution in [3.05, 3.63) is 28.2 Å². The molecule has 2 rings (SSSR count). The zero-order chi connectivity index (χ0) is 13.1. The summed E-state index contributed by atoms with van der Waals surface area (Å²) >= 11 is 5.36. The zero-order valence-corrected chi connectivity index (χ0v) is 12.8. The van der Waals surface area contributed by atoms with Crippen LogP contribution in [0.5, 0.6) is 0 Å². The molecule has 0 aliphatic carbocycles. The summed E-state index contributed by atoms with van der Waals surface area (Å²) < 4.78 is 0.710. The minimum Gasteiger partial charge on any atom is -0.398 e. The van der Waals surface area contributed by atoms with E-state index in [9.17, 15) is 4.79 Å². The smallest absolute Gasteiger partial charge is 0.255 e. The Hall–Kier alpha value is -0.680. The molecule has 0 spiro atoms. The molecule has 1 aliphatic rings. The van der Waals surface area contributed by atoms with Gasteiger partial charge in [0.15, 0.2) is 0 Å². The third kappa shape index (κ3) is 2.83. The standard InChI is InChI=1S/C13H17BrN2OS/c1-2-9-8-16(6-7-18-9)13(17)10-4-3-5-11(15)12(10)14/h3-5,9H,2,6-8,15H2,1H3. The predicted molar refractivity (Wildman–Crippen MR) is 81.0 cm³/mol. The van der Waals surface area contributed by atoms with E-state index in [-0.39, 0.29) is 5.91 Å². The molecule has 0 saturated carbocycles. The van der Waals surface area contributed by atoms with Gasteiger partial charge in [0, 0.05) is 29.8 Å². The number of hydrogen-bond acceptors (Lipinski definition) is 3. The number of thioether (sulfide) groups is 1. The van der Waals surface area contributed by atoms with Gasteiger partial charge in [-0.25, -0.2) is 0 Å². The summed E-state index contributed by atoms with van der Waals surface area (Å²) in [5.74, 6) is 1.09. The Morgan fingerprint density at radius 2 is 2.39 bits per heavy atom. The van der Waals surface area contributed by atoms with Gasteiger partial charge in [0.25, 0.3) is 5.91 Å². The van der Waals surface area contributed by atoms with Crippen molar-refractivity contribution in [2.24, 2.45) is 0 Å². The Bertz CT molecular complexity index is 453. The average molecular weight is 329 g/mol. The highest BCUT2D eigenvalue weighted by Gasteiger charge is 2.25. The number of rotatable bonds is 2. The minimum atomic E-state index is 0.0768. The largest absolute Gasteiger partial charge is 0.398 e. The Morgan fingerprint density at radius 3 is 3.11 bits per heavy atom. The van der Waals surface area contributed by atoms with Crippen LogP contribution in [-0.2, 0) is 0 Å². The molecule has 3 nitrogen and oxygen atoms in total. The summed E-state index contributed by atoms with van der Waals surface area (Å²) in [5, 5.41) is 0.558. The molecule has 1 amide bonds. The molecular formula is C13H17BrN2OS. The normalized spacial score (nSPS) is 19.9. The van der Waals surface area contributed by atoms with Gasteiger partial charge in [-0.3, -0.25) is 4.79 Å². The monoisotopic (exact) mass is 328 g/mol. The van der Waals surface area contributed by atoms with Crippen molar-refractivity contribution < 1.29 is 4.79 Å². The van der Waals surface area contributed by atoms with Crippen LogP contribution in [0.2, 0.25) is 0 Å². The Balaban J connectivity index is 2.18. The number of amides is 1. The highest BCUT2D eigenvalue weighted by Crippen LogP contribution is 2.27. The van der Waals surface area contributed by atoms with Crippen molar-refractivity contribution in [2.45, 2.75) is 18.6 Å². The van der Waals surface area contributed by atoms with Crippen LogP contribution in [0.25, 0.3) is 0 Å². The molecule has 1 unspecified atom stereocenters. The Kier molecular flexibility index (Phi) is 4.56. The first-order valence-corrected chi connectivity index (χ1v) is 7.92. The van der Waals surface area contributed by atoms with Crippen LogP contribution in [-0.4, -0.2) is 34.9 Å². The second-order valence-electron chi connectivity index (χ2n) is 4.36. The van der Waals surface area contributed by atoms with Gasteiger partial charge in [0.1, 0.15) is 0 Å². The number of nitrogens with two attached hydrogens (primary N) is 1. The van der Waals surface area contributed by atoms with E-state index in [1.807, 2.05) is 28.8 Å². The zero-order valence-electron chi connectivity index (χ0n) is 10.4. The lowest BCUT2D eigenvalue weighted by Crippen LogP contribution is -2.41. The van der Waals surface area contributed by atoms with Gasteiger partial charge >= 0.3 is 0 Å². The molecule has 2 N–H and O–H groups in total. The van der Waals surface area contributed by atoms with Crippen molar-refractivity contribution in [1.82, 2.24) is 4.90 Å². The van der Waals surface area contributed by atoms with Gasteiger partial charge in [0.05, 0.1) is 10.0 Å². The molecule has 1 atom stereocenters. The molecule has 1 saturated heterocycles. The number of nitrogens with zero attached hydrogens (tertiary/aromatic N) is 1. The number of carbonyl (C=O) groups excluding carboxylic acids is 1. The molecule has 1 heterocycles. The Labute approximate surface area is 120 Å². The number of benzene rings is 1. The van der Waals surface area contributed by atoms with E-state index in [0.717, 1.165) is 25.3 Å². The molecule has 1 aromatic rings. The molecule has 5 heteroatoms. The molecule has 1 fully saturated rings. The van der Waals surface area contributed by atoms with E-state index < -0.39 is 0 Å². The number of hydrogen-bond donors (Lipinski definition) is 1. The van der Waals surface area contributed by atoms with Crippen LogP contribution in [0, 0.1) is 0 Å². The van der Waals surface area contributed by atoms with Crippen LogP contribution in [0.1, 0.15) is 23.7 Å². The predicted octanol–water partition coefficient (Wildman–Crippen LogP) is 3.00. The molecule has 0 radical (unpaired) electrons. The highest BCUT2D eigenvalue weighted by atomic mass is 79.9. The first-order valence-electron chi connectivity index (χ1n) is 6.08. The van der Waals surface area contributed by atoms with E-state index in [2.05, 4.69) is 22.9 Å². The quantitative estimate of drug-likeness (QED) is 0.849. The van der Waals surface area contributed by atoms with E-state index in [1.165, 1.54) is 0 Å². The fourth-order valence-corrected chi connectivity index (χ4v) is 3.65. The first-order chi connectivity index (χ1) is 8.63. The van der Waals surface area contributed by atoms with Crippen LogP contribution in [0.4, 0.5) is 5.69 Å². The number of halogens is 1. The van der Waals surface area contributed by atoms with E-state index in [4.69, 9.17) is 5.73 Å². The van der Waals surface area contributed by atoms with Crippen molar-refractivity contribution in [3.8, 4) is 0 Å². The highest BCUT2D eigenvalue weighted by molar-refractivity contribution is 9.10. The van der Waals surface area contributed by atoms with Crippen molar-refractivity contribution in [2.75, 3.05) is 24.6 Å². The third-order valence-electron chi connectivity index (χ3n) is 3.14. The van der Waals surface area contributed by atoms with Crippen molar-refractivity contribution in [1.29, 1.82) is 0 Å². The Morgan fingerprint density at radius 1 is 1.61 bits per heavy atom. The number of anilines is 1. The summed E-state index contributed by atoms with van der Waals surface area (Å²) in [6, 6.07) is 5.44. The van der Waals surface area contributed by atoms with Crippen LogP contribution in [0.3, 0.4) is 0 Å². The maximum atomic E-state index is 12.5. The fraction of sp³-hybridized carbons (Fsp3) is 0.462. The van der Waals surface area contributed by atoms with Gasteiger partial charge in [-0.15, -0.1) is 0 Å². The molecule has 18 heavy (non-hydrogen) atoms. The summed E-state index contributed by atoms with van der Waals surface area (Å²) in [4.78, 5) is 14.4. The van der Waals surface area contributed by atoms with Crippen molar-refractivity contribution in [3.63, 3.8) is 0 Å². The van der Waals surface area contributed by atoms with Crippen LogP contribution in [0.15, 0.2) is 22.7 Å². The summed E-state index contributed by atoms with van der Waals surface area (Å²) in [7, 11) is 0. The maximum absolute atomic E-state index is 12.5. The van der Waals surface area contributed by atoms with Crippen LogP contribution < -0.4 is 5.73 Å². The van der Waals surface area contributed by atoms with Gasteiger partial charge in [-0.1, -0.05) is 13.0 Å². The first kappa shape index (κ1) is 13.7. The lowest BCUT2D eigenvalue weighted by Gasteiger charge is -2.32. The fourth-order valence-electron chi connectivity index (χ4n) is 2.04. The second kappa shape index (κ2) is 5.97. The molecule has 0 bridgehead atoms. The summed E-state index contributed by atoms with van der Waals surface area (Å²) in [6.45, 7) is 3.82. The topological polar surface area (TPSA) is 46.3 Å². The number of carbonyl (C=O) groups is 1. The lowest BCUT2D eigenvalue weighted by molar-refractivity contribution is 0.0760. The van der Waals surface area contributed by atoms with Gasteiger partial charge < -0.3 is 10.6 Å². The molecule has 1 aromatic carbocycles. The molecule has 98 valence electrons. The van der Waals surface area contributed by atoms with Gasteiger partial charge in [0.2, 0.25) is 0 Å². The summed E-state index contributed by atoms with van der Waals surface area (Å²) in [5.41, 5.74) is 7.09. The minimum absolute atomic E-state index is 0.0768. The summed E-state index contributed by atoms with van der Waals surface area (Å²) in [6.07, 6.45) is 1.10. The van der Waals surface area contributed by atoms with Gasteiger partial charge in [-0.05, 0) is 34.5 Å². The van der Waals surface area contributed by atoms with Crippen LogP contribution >= 0.6 is 27.7 Å². The maximum Gasteiger partial charge on any atom is 0.255 e. The van der Waals surface area contributed by atoms with E-state index >= 15 is 0 Å². The molecular weight excluding hydrogens is 312 g/mol. The number of nitrogen functional groups attached to an aromatic ring is 1. The van der Waals surface area contributed by atoms with E-state index in [1.54, 1.807) is 6.07 Å². The van der Waals surface area contributed by atoms with Gasteiger partial charge in [-0.2, -0.15) is 11.8 Å². The lowest BCUT2D eigenvalue weighted by atomic mass is 10.1. The van der Waals surface area contributed by atoms with Crippen molar-refractivity contribution >= 4 is 39.3 Å². The third-order valence-corrected chi connectivity index (χ3v) is 5.40. The van der Waals surface area contributed by atoms with E-state index in [0.29, 0.717) is 21.0 Å². The molecule has 1 aliphatic heterocycles. The SMILES string of the molecule is CCC1CN(C(=O)c2cccc(N)c2Br)CCS1. The average Bonchev–Trinajstić information content (AvgIpc) is 2.41. The molecule has 0 aromatic heterocycles. The second-order valence-corrected chi connectivity index (χ2v) is 6.56.